The number of aryl methyl sites for hydroxylation is 1. The molecule has 0 atom stereocenters. The lowest BCUT2D eigenvalue weighted by Crippen LogP contribution is -1.91. The lowest BCUT2D eigenvalue weighted by Gasteiger charge is -2.00. The van der Waals surface area contributed by atoms with Gasteiger partial charge in [-0.3, -0.25) is 5.43 Å². The average Bonchev–Trinajstić information content (AvgIpc) is 2.70. The quantitative estimate of drug-likeness (QED) is 0.456. The number of aromatic nitrogens is 1. The summed E-state index contributed by atoms with van der Waals surface area (Å²) in [6, 6.07) is 6.05. The Kier molecular flexibility index (Phi) is 4.52. The van der Waals surface area contributed by atoms with Crippen molar-refractivity contribution in [3.63, 3.8) is 0 Å². The van der Waals surface area contributed by atoms with Crippen LogP contribution in [-0.2, 0) is 0 Å². The lowest BCUT2D eigenvalue weighted by atomic mass is 10.2. The first-order chi connectivity index (χ1) is 8.16. The molecule has 3 nitrogen and oxygen atoms in total. The number of hydrogen-bond acceptors (Lipinski definition) is 4. The minimum atomic E-state index is 0.806. The molecule has 17 heavy (non-hydrogen) atoms. The first-order valence-electron chi connectivity index (χ1n) is 4.82. The number of thiazole rings is 1. The number of nitrogens with zero attached hydrogens (tertiary/aromatic N) is 2. The predicted octanol–water partition coefficient (Wildman–Crippen LogP) is 4.26. The lowest BCUT2D eigenvalue weighted by molar-refractivity contribution is 1.22. The second-order valence-corrected chi connectivity index (χ2v) is 6.12. The van der Waals surface area contributed by atoms with Gasteiger partial charge in [0.05, 0.1) is 11.9 Å². The number of benzene rings is 1. The van der Waals surface area contributed by atoms with Crippen LogP contribution in [0.2, 0.25) is 0 Å². The Balaban J connectivity index is 2.08. The van der Waals surface area contributed by atoms with Crippen LogP contribution >= 0.6 is 49.9 Å². The number of anilines is 1. The van der Waals surface area contributed by atoms with Crippen LogP contribution in [0.4, 0.5) is 5.13 Å². The van der Waals surface area contributed by atoms with Crippen LogP contribution in [0.1, 0.15) is 11.3 Å². The second kappa shape index (κ2) is 5.92. The third kappa shape index (κ3) is 3.49. The molecule has 88 valence electrons. The molecule has 0 radical (unpaired) electrons. The van der Waals surface area contributed by atoms with Gasteiger partial charge in [-0.2, -0.15) is 5.10 Å². The Bertz CT molecular complexity index is 553. The standard InChI is InChI=1S/C11H9BrIN3S/c1-7-6-17-11(15-7)16-14-5-8-3-2-4-9(13)10(8)12/h2-6H,1H3,(H,15,16). The smallest absolute Gasteiger partial charge is 0.203 e. The van der Waals surface area contributed by atoms with Gasteiger partial charge in [0.2, 0.25) is 5.13 Å². The minimum Gasteiger partial charge on any atom is -0.253 e. The van der Waals surface area contributed by atoms with Gasteiger partial charge in [-0.1, -0.05) is 12.1 Å². The third-order valence-electron chi connectivity index (χ3n) is 1.96. The van der Waals surface area contributed by atoms with E-state index < -0.39 is 0 Å². The molecular weight excluding hydrogens is 413 g/mol. The van der Waals surface area contributed by atoms with Crippen molar-refractivity contribution in [3.05, 3.63) is 42.9 Å². The fourth-order valence-corrected chi connectivity index (χ4v) is 2.71. The number of hydrazone groups is 1. The Morgan fingerprint density at radius 2 is 2.35 bits per heavy atom. The van der Waals surface area contributed by atoms with Crippen molar-refractivity contribution < 1.29 is 0 Å². The third-order valence-corrected chi connectivity index (χ3v) is 5.35. The molecular formula is C11H9BrIN3S. The summed E-state index contributed by atoms with van der Waals surface area (Å²) < 4.78 is 2.22. The van der Waals surface area contributed by atoms with Crippen molar-refractivity contribution >= 4 is 61.2 Å². The van der Waals surface area contributed by atoms with Gasteiger partial charge in [0.15, 0.2) is 0 Å². The van der Waals surface area contributed by atoms with Crippen LogP contribution in [0.5, 0.6) is 0 Å². The first-order valence-corrected chi connectivity index (χ1v) is 7.57. The number of rotatable bonds is 3. The zero-order chi connectivity index (χ0) is 12.3. The Hall–Kier alpha value is -0.470. The highest BCUT2D eigenvalue weighted by molar-refractivity contribution is 14.1. The van der Waals surface area contributed by atoms with Crippen molar-refractivity contribution in [2.75, 3.05) is 5.43 Å². The van der Waals surface area contributed by atoms with E-state index in [-0.39, 0.29) is 0 Å². The Morgan fingerprint density at radius 3 is 3.06 bits per heavy atom. The van der Waals surface area contributed by atoms with Crippen LogP contribution in [0, 0.1) is 10.5 Å². The van der Waals surface area contributed by atoms with Gasteiger partial charge in [0.25, 0.3) is 0 Å². The van der Waals surface area contributed by atoms with Crippen LogP contribution in [0.15, 0.2) is 33.2 Å². The maximum atomic E-state index is 4.26. The number of halogens is 2. The largest absolute Gasteiger partial charge is 0.253 e. The summed E-state index contributed by atoms with van der Waals surface area (Å²) in [4.78, 5) is 4.26. The molecule has 0 bridgehead atoms. The van der Waals surface area contributed by atoms with Gasteiger partial charge < -0.3 is 0 Å². The first kappa shape index (κ1) is 13.0. The SMILES string of the molecule is Cc1csc(NN=Cc2cccc(I)c2Br)n1. The van der Waals surface area contributed by atoms with Crippen LogP contribution in [0.25, 0.3) is 0 Å². The molecule has 0 fully saturated rings. The number of hydrogen-bond donors (Lipinski definition) is 1. The number of nitrogens with one attached hydrogen (secondary N) is 1. The van der Waals surface area contributed by atoms with E-state index in [1.54, 1.807) is 17.6 Å². The fraction of sp³-hybridized carbons (Fsp3) is 0.0909. The summed E-state index contributed by atoms with van der Waals surface area (Å²) in [5.41, 5.74) is 4.96. The van der Waals surface area contributed by atoms with Crippen molar-refractivity contribution in [1.29, 1.82) is 0 Å². The fourth-order valence-electron chi connectivity index (χ4n) is 1.18. The highest BCUT2D eigenvalue weighted by Crippen LogP contribution is 2.22. The Morgan fingerprint density at radius 1 is 1.53 bits per heavy atom. The summed E-state index contributed by atoms with van der Waals surface area (Å²) in [6.45, 7) is 1.96. The van der Waals surface area contributed by atoms with E-state index in [0.717, 1.165) is 24.4 Å². The zero-order valence-electron chi connectivity index (χ0n) is 8.95. The highest BCUT2D eigenvalue weighted by Gasteiger charge is 2.00. The van der Waals surface area contributed by atoms with E-state index in [9.17, 15) is 0 Å². The maximum Gasteiger partial charge on any atom is 0.203 e. The molecule has 1 aromatic carbocycles. The van der Waals surface area contributed by atoms with Gasteiger partial charge in [0, 0.05) is 19.0 Å². The molecule has 0 amide bonds. The summed E-state index contributed by atoms with van der Waals surface area (Å²) in [6.07, 6.45) is 1.78. The summed E-state index contributed by atoms with van der Waals surface area (Å²) in [5.74, 6) is 0. The zero-order valence-corrected chi connectivity index (χ0v) is 13.5. The topological polar surface area (TPSA) is 37.3 Å². The summed E-state index contributed by atoms with van der Waals surface area (Å²) in [5, 5.41) is 6.96. The highest BCUT2D eigenvalue weighted by atomic mass is 127. The van der Waals surface area contributed by atoms with Gasteiger partial charge in [-0.15, -0.1) is 11.3 Å². The van der Waals surface area contributed by atoms with Gasteiger partial charge >= 0.3 is 0 Å². The average molecular weight is 422 g/mol. The van der Waals surface area contributed by atoms with Gasteiger partial charge in [-0.05, 0) is 51.5 Å². The molecule has 1 N–H and O–H groups in total. The molecule has 0 unspecified atom stereocenters. The normalized spacial score (nSPS) is 11.0. The molecule has 0 saturated carbocycles. The molecule has 1 heterocycles. The second-order valence-electron chi connectivity index (χ2n) is 3.31. The van der Waals surface area contributed by atoms with E-state index in [4.69, 9.17) is 0 Å². The van der Waals surface area contributed by atoms with E-state index >= 15 is 0 Å². The molecule has 1 aromatic heterocycles. The minimum absolute atomic E-state index is 0.806. The van der Waals surface area contributed by atoms with E-state index in [2.05, 4.69) is 54.0 Å². The van der Waals surface area contributed by atoms with Crippen molar-refractivity contribution in [3.8, 4) is 0 Å². The molecule has 0 aliphatic carbocycles. The van der Waals surface area contributed by atoms with Crippen molar-refractivity contribution in [2.45, 2.75) is 6.92 Å². The Labute approximate surface area is 126 Å². The van der Waals surface area contributed by atoms with Crippen LogP contribution in [0.3, 0.4) is 0 Å². The molecule has 0 aliphatic rings. The van der Waals surface area contributed by atoms with E-state index in [0.29, 0.717) is 0 Å². The molecule has 0 spiro atoms. The van der Waals surface area contributed by atoms with Gasteiger partial charge in [-0.25, -0.2) is 4.98 Å². The molecule has 0 saturated heterocycles. The summed E-state index contributed by atoms with van der Waals surface area (Å²) in [7, 11) is 0. The predicted molar refractivity (Wildman–Crippen MR) is 84.9 cm³/mol. The molecule has 2 rings (SSSR count). The van der Waals surface area contributed by atoms with Gasteiger partial charge in [0.1, 0.15) is 0 Å². The maximum absolute atomic E-state index is 4.26. The van der Waals surface area contributed by atoms with Crippen molar-refractivity contribution in [2.24, 2.45) is 5.10 Å². The van der Waals surface area contributed by atoms with Crippen LogP contribution < -0.4 is 5.43 Å². The monoisotopic (exact) mass is 421 g/mol. The summed E-state index contributed by atoms with van der Waals surface area (Å²) >= 11 is 7.35. The van der Waals surface area contributed by atoms with Crippen molar-refractivity contribution in [1.82, 2.24) is 4.98 Å². The van der Waals surface area contributed by atoms with E-state index in [1.165, 1.54) is 0 Å². The van der Waals surface area contributed by atoms with E-state index in [1.807, 2.05) is 30.5 Å². The molecule has 2 aromatic rings. The molecule has 6 heteroatoms. The van der Waals surface area contributed by atoms with Crippen LogP contribution in [-0.4, -0.2) is 11.2 Å². The molecule has 0 aliphatic heterocycles.